The Bertz CT molecular complexity index is 1220. The fraction of sp³-hybridized carbons (Fsp3) is 0.447. The fourth-order valence-corrected chi connectivity index (χ4v) is 5.51. The highest BCUT2D eigenvalue weighted by Crippen LogP contribution is 2.26. The molecule has 0 N–H and O–H groups in total. The van der Waals surface area contributed by atoms with Gasteiger partial charge in [0.25, 0.3) is 0 Å². The Labute approximate surface area is 334 Å². The highest BCUT2D eigenvalue weighted by molar-refractivity contribution is 6.60. The lowest BCUT2D eigenvalue weighted by molar-refractivity contribution is -0.169. The number of rotatable bonds is 30. The van der Waals surface area contributed by atoms with Crippen LogP contribution in [0.15, 0.2) is 88.1 Å². The van der Waals surface area contributed by atoms with E-state index in [1.807, 2.05) is 0 Å². The van der Waals surface area contributed by atoms with Crippen LogP contribution in [0.25, 0.3) is 0 Å². The molecule has 0 rings (SSSR count). The first-order valence-electron chi connectivity index (χ1n) is 16.8. The third-order valence-electron chi connectivity index (χ3n) is 7.08. The standard InChI is InChI=1S/C28H34O13.C10H20O5Si/c1-7-21(29)36-15-27(16-37-22(30)8-2,17-38-23(31)9-3)13-35-14-28(18-39-24(32)10-4,19-40-25(33)11-5)20-41-26(34)12-6;1-9(2)10(11)15-7-6-8-16(12-3,13-4)14-5/h7-12H,1-6,13-20H2;1,6-8H2,2-5H3. The van der Waals surface area contributed by atoms with Gasteiger partial charge in [-0.1, -0.05) is 46.1 Å². The van der Waals surface area contributed by atoms with Crippen LogP contribution < -0.4 is 0 Å². The molecule has 0 fully saturated rings. The summed E-state index contributed by atoms with van der Waals surface area (Å²) < 4.78 is 57.3. The molecule has 0 spiro atoms. The minimum Gasteiger partial charge on any atom is -0.462 e. The number of hydrogen-bond acceptors (Lipinski definition) is 18. The Morgan fingerprint density at radius 3 is 0.947 bits per heavy atom. The van der Waals surface area contributed by atoms with Gasteiger partial charge in [0.2, 0.25) is 0 Å². The van der Waals surface area contributed by atoms with E-state index in [-0.39, 0.29) is 5.97 Å². The summed E-state index contributed by atoms with van der Waals surface area (Å²) in [5.41, 5.74) is -2.58. The third kappa shape index (κ3) is 23.3. The van der Waals surface area contributed by atoms with Crippen LogP contribution in [0.2, 0.25) is 6.04 Å². The number of esters is 7. The Kier molecular flexibility index (Phi) is 28.0. The van der Waals surface area contributed by atoms with E-state index in [2.05, 4.69) is 46.1 Å². The van der Waals surface area contributed by atoms with Crippen LogP contribution in [-0.2, 0) is 84.7 Å². The van der Waals surface area contributed by atoms with Gasteiger partial charge in [0.15, 0.2) is 0 Å². The van der Waals surface area contributed by atoms with Gasteiger partial charge >= 0.3 is 50.6 Å². The van der Waals surface area contributed by atoms with Crippen molar-refractivity contribution in [1.29, 1.82) is 0 Å². The van der Waals surface area contributed by atoms with Gasteiger partial charge < -0.3 is 51.2 Å². The Morgan fingerprint density at radius 2 is 0.737 bits per heavy atom. The lowest BCUT2D eigenvalue weighted by Crippen LogP contribution is -2.47. The van der Waals surface area contributed by atoms with Crippen LogP contribution in [0.3, 0.4) is 0 Å². The highest BCUT2D eigenvalue weighted by atomic mass is 28.4. The first kappa shape index (κ1) is 53.6. The van der Waals surface area contributed by atoms with Crippen LogP contribution >= 0.6 is 0 Å². The second-order valence-corrected chi connectivity index (χ2v) is 14.8. The van der Waals surface area contributed by atoms with Crippen molar-refractivity contribution in [3.63, 3.8) is 0 Å². The molecule has 0 heterocycles. The van der Waals surface area contributed by atoms with E-state index in [1.54, 1.807) is 28.3 Å². The number of carbonyl (C=O) groups is 7. The predicted molar refractivity (Wildman–Crippen MR) is 205 cm³/mol. The smallest absolute Gasteiger partial charge is 0.462 e. The highest BCUT2D eigenvalue weighted by Gasteiger charge is 2.41. The quantitative estimate of drug-likeness (QED) is 0.0334. The molecule has 0 aromatic heterocycles. The molecule has 0 aliphatic carbocycles. The summed E-state index contributed by atoms with van der Waals surface area (Å²) in [5.74, 6) is -5.39. The SMILES string of the molecule is C=C(C)C(=O)OCCC[Si](OC)(OC)OC.C=CC(=O)OCC(COCC(COC(=O)C=C)(COC(=O)C=C)COC(=O)C=C)(COC(=O)C=C)COC(=O)C=C. The van der Waals surface area contributed by atoms with E-state index in [4.69, 9.17) is 51.2 Å². The minimum absolute atomic E-state index is 0.316. The zero-order chi connectivity index (χ0) is 43.9. The normalized spacial score (nSPS) is 10.7. The zero-order valence-electron chi connectivity index (χ0n) is 33.0. The van der Waals surface area contributed by atoms with Crippen molar-refractivity contribution in [2.45, 2.75) is 19.4 Å². The second-order valence-electron chi connectivity index (χ2n) is 11.7. The van der Waals surface area contributed by atoms with Crippen molar-refractivity contribution in [1.82, 2.24) is 0 Å². The maximum absolute atomic E-state index is 11.8. The average molecular weight is 827 g/mol. The number of hydrogen-bond donors (Lipinski definition) is 0. The Morgan fingerprint density at radius 1 is 0.474 bits per heavy atom. The molecule has 0 radical (unpaired) electrons. The molecule has 318 valence electrons. The molecule has 0 saturated heterocycles. The van der Waals surface area contributed by atoms with Crippen LogP contribution in [0, 0.1) is 10.8 Å². The van der Waals surface area contributed by atoms with E-state index in [1.165, 1.54) is 0 Å². The van der Waals surface area contributed by atoms with Crippen molar-refractivity contribution in [2.24, 2.45) is 10.8 Å². The number of carbonyl (C=O) groups excluding carboxylic acids is 7. The Balaban J connectivity index is 0. The van der Waals surface area contributed by atoms with Gasteiger partial charge in [-0.25, -0.2) is 33.6 Å². The maximum atomic E-state index is 11.8. The summed E-state index contributed by atoms with van der Waals surface area (Å²) in [7, 11) is 2.13. The van der Waals surface area contributed by atoms with Crippen molar-refractivity contribution >= 4 is 50.6 Å². The van der Waals surface area contributed by atoms with Crippen molar-refractivity contribution < 1.29 is 84.7 Å². The molecular formula is C38H54O18Si. The molecule has 18 nitrogen and oxygen atoms in total. The Hall–Kier alpha value is -5.47. The first-order valence-corrected chi connectivity index (χ1v) is 18.7. The van der Waals surface area contributed by atoms with E-state index in [0.29, 0.717) is 24.6 Å². The van der Waals surface area contributed by atoms with Gasteiger partial charge in [-0.2, -0.15) is 0 Å². The molecule has 0 aromatic carbocycles. The molecule has 0 saturated carbocycles. The van der Waals surface area contributed by atoms with Gasteiger partial charge in [0.1, 0.15) is 39.6 Å². The summed E-state index contributed by atoms with van der Waals surface area (Å²) >= 11 is 0. The van der Waals surface area contributed by atoms with E-state index in [0.717, 1.165) is 36.5 Å². The monoisotopic (exact) mass is 826 g/mol. The first-order chi connectivity index (χ1) is 26.9. The topological polar surface area (TPSA) is 221 Å². The average Bonchev–Trinajstić information content (AvgIpc) is 3.23. The molecule has 0 aliphatic heterocycles. The van der Waals surface area contributed by atoms with Crippen molar-refractivity contribution in [3.8, 4) is 0 Å². The minimum atomic E-state index is -2.53. The van der Waals surface area contributed by atoms with Gasteiger partial charge in [-0.15, -0.1) is 0 Å². The van der Waals surface area contributed by atoms with Crippen LogP contribution in [0.4, 0.5) is 0 Å². The second kappa shape index (κ2) is 29.8. The van der Waals surface area contributed by atoms with Gasteiger partial charge in [-0.05, 0) is 13.3 Å². The largest absolute Gasteiger partial charge is 0.500 e. The molecule has 0 aromatic rings. The molecule has 0 unspecified atom stereocenters. The summed E-state index contributed by atoms with van der Waals surface area (Å²) in [6, 6.07) is 0.611. The maximum Gasteiger partial charge on any atom is 0.500 e. The summed E-state index contributed by atoms with van der Waals surface area (Å²) in [6.07, 6.45) is 5.96. The summed E-state index contributed by atoms with van der Waals surface area (Å²) in [5, 5.41) is 0. The lowest BCUT2D eigenvalue weighted by atomic mass is 9.90. The summed E-state index contributed by atoms with van der Waals surface area (Å²) in [4.78, 5) is 82.0. The molecule has 0 amide bonds. The number of ether oxygens (including phenoxy) is 8. The van der Waals surface area contributed by atoms with Gasteiger partial charge in [-0.3, -0.25) is 0 Å². The molecule has 57 heavy (non-hydrogen) atoms. The molecular weight excluding hydrogens is 772 g/mol. The molecule has 19 heteroatoms. The van der Waals surface area contributed by atoms with Crippen LogP contribution in [0.5, 0.6) is 0 Å². The zero-order valence-corrected chi connectivity index (χ0v) is 34.0. The molecule has 0 aliphatic rings. The third-order valence-corrected chi connectivity index (χ3v) is 9.91. The predicted octanol–water partition coefficient (Wildman–Crippen LogP) is 2.72. The molecule has 0 bridgehead atoms. The van der Waals surface area contributed by atoms with Gasteiger partial charge in [0.05, 0.1) is 30.7 Å². The van der Waals surface area contributed by atoms with Crippen molar-refractivity contribution in [2.75, 3.05) is 80.8 Å². The fourth-order valence-electron chi connectivity index (χ4n) is 3.82. The van der Waals surface area contributed by atoms with Crippen LogP contribution in [-0.4, -0.2) is 131 Å². The van der Waals surface area contributed by atoms with Crippen molar-refractivity contribution in [3.05, 3.63) is 88.1 Å². The molecule has 0 atom stereocenters. The summed E-state index contributed by atoms with van der Waals surface area (Å²) in [6.45, 7) is 21.5. The van der Waals surface area contributed by atoms with E-state index in [9.17, 15) is 33.6 Å². The van der Waals surface area contributed by atoms with Crippen LogP contribution in [0.1, 0.15) is 13.3 Å². The lowest BCUT2D eigenvalue weighted by Gasteiger charge is -2.35. The van der Waals surface area contributed by atoms with E-state index < -0.39 is 108 Å². The van der Waals surface area contributed by atoms with E-state index >= 15 is 0 Å². The van der Waals surface area contributed by atoms with Gasteiger partial charge in [0, 0.05) is 69.4 Å².